The van der Waals surface area contributed by atoms with Crippen LogP contribution in [0.4, 0.5) is 0 Å². The molecule has 0 spiro atoms. The minimum atomic E-state index is 0.109. The van der Waals surface area contributed by atoms with Crippen molar-refractivity contribution in [2.24, 2.45) is 16.7 Å². The van der Waals surface area contributed by atoms with E-state index < -0.39 is 0 Å². The largest absolute Gasteiger partial charge is 0.495 e. The summed E-state index contributed by atoms with van der Waals surface area (Å²) in [5, 5.41) is 1.76. The summed E-state index contributed by atoms with van der Waals surface area (Å²) in [5.41, 5.74) is 3.47. The molecule has 3 atom stereocenters. The van der Waals surface area contributed by atoms with Gasteiger partial charge in [0.1, 0.15) is 5.75 Å². The van der Waals surface area contributed by atoms with Gasteiger partial charge in [-0.2, -0.15) is 0 Å². The number of hydrogen-bond acceptors (Lipinski definition) is 3. The highest BCUT2D eigenvalue weighted by atomic mass is 16.5. The number of hydrogen-bond donors (Lipinski definition) is 0. The zero-order valence-corrected chi connectivity index (χ0v) is 19.8. The van der Waals surface area contributed by atoms with Crippen LogP contribution >= 0.6 is 0 Å². The van der Waals surface area contributed by atoms with Gasteiger partial charge in [0, 0.05) is 36.6 Å². The van der Waals surface area contributed by atoms with E-state index in [9.17, 15) is 4.79 Å². The number of methoxy groups -OCH3 is 1. The minimum absolute atomic E-state index is 0.109. The molecule has 2 fully saturated rings. The van der Waals surface area contributed by atoms with Gasteiger partial charge in [-0.25, -0.2) is 0 Å². The maximum absolute atomic E-state index is 14.2. The smallest absolute Gasteiger partial charge is 0.260 e. The zero-order valence-electron chi connectivity index (χ0n) is 19.8. The monoisotopic (exact) mass is 441 g/mol. The van der Waals surface area contributed by atoms with Crippen LogP contribution in [0.15, 0.2) is 59.8 Å². The van der Waals surface area contributed by atoms with Crippen molar-refractivity contribution in [3.05, 3.63) is 70.9 Å². The summed E-state index contributed by atoms with van der Waals surface area (Å²) in [4.78, 5) is 18.4. The van der Waals surface area contributed by atoms with Gasteiger partial charge in [-0.05, 0) is 65.8 Å². The van der Waals surface area contributed by atoms with Gasteiger partial charge in [0.2, 0.25) is 0 Å². The van der Waals surface area contributed by atoms with Crippen molar-refractivity contribution in [1.82, 2.24) is 14.1 Å². The van der Waals surface area contributed by atoms with Gasteiger partial charge in [-0.3, -0.25) is 9.78 Å². The third-order valence-electron chi connectivity index (χ3n) is 8.71. The number of fused-ring (bicyclic) bond motifs is 5. The number of para-hydroxylation sites is 1. The molecule has 4 aromatic rings. The topological polar surface area (TPSA) is 49.0 Å². The first kappa shape index (κ1) is 20.5. The average Bonchev–Trinajstić information content (AvgIpc) is 3.41. The lowest BCUT2D eigenvalue weighted by Crippen LogP contribution is -2.41. The molecule has 0 radical (unpaired) electrons. The van der Waals surface area contributed by atoms with Crippen molar-refractivity contribution in [3.63, 3.8) is 0 Å². The molecule has 2 bridgehead atoms. The van der Waals surface area contributed by atoms with Gasteiger partial charge in [-0.1, -0.05) is 32.9 Å². The van der Waals surface area contributed by atoms with Gasteiger partial charge in [0.25, 0.3) is 5.56 Å². The summed E-state index contributed by atoms with van der Waals surface area (Å²) in [6.07, 6.45) is 9.37. The molecule has 33 heavy (non-hydrogen) atoms. The zero-order chi connectivity index (χ0) is 23.0. The van der Waals surface area contributed by atoms with Gasteiger partial charge < -0.3 is 13.9 Å². The van der Waals surface area contributed by atoms with Crippen LogP contribution < -0.4 is 10.3 Å². The normalized spacial score (nSPS) is 25.8. The molecule has 3 aromatic heterocycles. The standard InChI is InChI=1S/C28H31N3O2/c1-27(2)19-8-12-28(3,16-19)26(27)30-15-11-21-23(25(30)32)20-6-5-7-22(33-4)24(20)31(21)17-18-9-13-29-14-10-18/h5-7,9-11,13-15,19,26H,8,12,16-17H2,1-4H3/t19?,26-,28+/m1/s1. The highest BCUT2D eigenvalue weighted by molar-refractivity contribution is 6.09. The predicted molar refractivity (Wildman–Crippen MR) is 132 cm³/mol. The van der Waals surface area contributed by atoms with Gasteiger partial charge in [-0.15, -0.1) is 0 Å². The molecule has 0 aliphatic heterocycles. The lowest BCUT2D eigenvalue weighted by molar-refractivity contribution is 0.0811. The van der Waals surface area contributed by atoms with Gasteiger partial charge >= 0.3 is 0 Å². The minimum Gasteiger partial charge on any atom is -0.495 e. The summed E-state index contributed by atoms with van der Waals surface area (Å²) >= 11 is 0. The van der Waals surface area contributed by atoms with Crippen molar-refractivity contribution in [1.29, 1.82) is 0 Å². The lowest BCUT2D eigenvalue weighted by Gasteiger charge is -2.43. The highest BCUT2D eigenvalue weighted by Gasteiger charge is 2.60. The van der Waals surface area contributed by atoms with E-state index in [4.69, 9.17) is 4.74 Å². The van der Waals surface area contributed by atoms with Crippen LogP contribution in [-0.2, 0) is 6.54 Å². The molecular weight excluding hydrogens is 410 g/mol. The molecule has 2 saturated carbocycles. The molecule has 1 unspecified atom stereocenters. The summed E-state index contributed by atoms with van der Waals surface area (Å²) in [5.74, 6) is 1.47. The number of rotatable bonds is 4. The van der Waals surface area contributed by atoms with E-state index in [1.807, 2.05) is 36.7 Å². The molecule has 0 saturated heterocycles. The highest BCUT2D eigenvalue weighted by Crippen LogP contribution is 2.67. The Hall–Kier alpha value is -3.08. The van der Waals surface area contributed by atoms with Gasteiger partial charge in [0.05, 0.1) is 23.5 Å². The van der Waals surface area contributed by atoms with Crippen LogP contribution in [0.2, 0.25) is 0 Å². The van der Waals surface area contributed by atoms with Crippen LogP contribution in [0, 0.1) is 16.7 Å². The average molecular weight is 442 g/mol. The van der Waals surface area contributed by atoms with E-state index in [-0.39, 0.29) is 22.4 Å². The Balaban J connectivity index is 1.63. The van der Waals surface area contributed by atoms with E-state index in [0.717, 1.165) is 33.1 Å². The Labute approximate surface area is 194 Å². The molecule has 5 heteroatoms. The fraction of sp³-hybridized carbons (Fsp3) is 0.429. The number of benzene rings is 1. The van der Waals surface area contributed by atoms with E-state index in [1.54, 1.807) is 7.11 Å². The first-order chi connectivity index (χ1) is 15.8. The molecule has 0 N–H and O–H groups in total. The number of pyridine rings is 2. The second-order valence-electron chi connectivity index (χ2n) is 10.9. The third-order valence-corrected chi connectivity index (χ3v) is 8.71. The van der Waals surface area contributed by atoms with Crippen molar-refractivity contribution in [2.75, 3.05) is 7.11 Å². The van der Waals surface area contributed by atoms with Crippen molar-refractivity contribution in [2.45, 2.75) is 52.6 Å². The predicted octanol–water partition coefficient (Wildman–Crippen LogP) is 5.80. The van der Waals surface area contributed by atoms with E-state index >= 15 is 0 Å². The number of aromatic nitrogens is 3. The maximum atomic E-state index is 14.2. The molecule has 5 nitrogen and oxygen atoms in total. The van der Waals surface area contributed by atoms with Crippen LogP contribution in [-0.4, -0.2) is 21.2 Å². The van der Waals surface area contributed by atoms with Crippen LogP contribution in [0.25, 0.3) is 21.8 Å². The van der Waals surface area contributed by atoms with Crippen LogP contribution in [0.1, 0.15) is 51.6 Å². The second kappa shape index (κ2) is 6.96. The fourth-order valence-electron chi connectivity index (χ4n) is 7.31. The van der Waals surface area contributed by atoms with E-state index in [2.05, 4.69) is 53.2 Å². The molecule has 3 heterocycles. The summed E-state index contributed by atoms with van der Waals surface area (Å²) in [7, 11) is 1.69. The Morgan fingerprint density at radius 3 is 2.61 bits per heavy atom. The molecule has 2 aliphatic rings. The summed E-state index contributed by atoms with van der Waals surface area (Å²) in [6.45, 7) is 7.76. The summed E-state index contributed by atoms with van der Waals surface area (Å²) in [6, 6.07) is 12.4. The molecule has 6 rings (SSSR count). The molecular formula is C28H31N3O2. The van der Waals surface area contributed by atoms with Crippen molar-refractivity contribution < 1.29 is 4.74 Å². The third kappa shape index (κ3) is 2.77. The number of nitrogens with zero attached hydrogens (tertiary/aromatic N) is 3. The van der Waals surface area contributed by atoms with Crippen LogP contribution in [0.3, 0.4) is 0 Å². The summed E-state index contributed by atoms with van der Waals surface area (Å²) < 4.78 is 10.0. The Bertz CT molecular complexity index is 1430. The molecule has 1 aromatic carbocycles. The molecule has 2 aliphatic carbocycles. The number of ether oxygens (including phenoxy) is 1. The van der Waals surface area contributed by atoms with E-state index in [1.165, 1.54) is 19.3 Å². The van der Waals surface area contributed by atoms with E-state index in [0.29, 0.717) is 12.5 Å². The van der Waals surface area contributed by atoms with Crippen molar-refractivity contribution in [3.8, 4) is 5.75 Å². The second-order valence-corrected chi connectivity index (χ2v) is 10.9. The Morgan fingerprint density at radius 1 is 1.12 bits per heavy atom. The van der Waals surface area contributed by atoms with Crippen molar-refractivity contribution >= 4 is 21.8 Å². The SMILES string of the molecule is COc1cccc2c3c(=O)n([C@@H]4C(C)(C)C5CC[C@@]4(C)C5)ccc3n(Cc3ccncc3)c12. The van der Waals surface area contributed by atoms with Gasteiger partial charge in [0.15, 0.2) is 0 Å². The first-order valence-corrected chi connectivity index (χ1v) is 11.9. The Morgan fingerprint density at radius 2 is 1.91 bits per heavy atom. The van der Waals surface area contributed by atoms with Crippen LogP contribution in [0.5, 0.6) is 5.75 Å². The molecule has 170 valence electrons. The lowest BCUT2D eigenvalue weighted by atomic mass is 9.68. The maximum Gasteiger partial charge on any atom is 0.260 e. The molecule has 0 amide bonds. The fourth-order valence-corrected chi connectivity index (χ4v) is 7.31. The quantitative estimate of drug-likeness (QED) is 0.402. The first-order valence-electron chi connectivity index (χ1n) is 11.9. The Kier molecular flexibility index (Phi) is 4.33.